The molecular formula is C6H10ClNO6. The van der Waals surface area contributed by atoms with E-state index >= 15 is 0 Å². The lowest BCUT2D eigenvalue weighted by Crippen LogP contribution is -2.08. The summed E-state index contributed by atoms with van der Waals surface area (Å²) in [7, 11) is 0. The number of ether oxygens (including phenoxy) is 2. The molecule has 0 saturated heterocycles. The van der Waals surface area contributed by atoms with Gasteiger partial charge in [-0.3, -0.25) is 0 Å². The predicted octanol–water partition coefficient (Wildman–Crippen LogP) is 1.32. The van der Waals surface area contributed by atoms with Crippen LogP contribution in [0.3, 0.4) is 0 Å². The highest BCUT2D eigenvalue weighted by Gasteiger charge is 2.01. The fourth-order valence-electron chi connectivity index (χ4n) is 0.585. The van der Waals surface area contributed by atoms with Crippen molar-refractivity contribution in [3.05, 3.63) is 10.1 Å². The first-order valence-corrected chi connectivity index (χ1v) is 4.33. The molecule has 0 fully saturated rings. The van der Waals surface area contributed by atoms with E-state index in [2.05, 4.69) is 14.3 Å². The third kappa shape index (κ3) is 8.85. The fourth-order valence-corrected chi connectivity index (χ4v) is 0.674. The van der Waals surface area contributed by atoms with Crippen LogP contribution in [0, 0.1) is 10.1 Å². The van der Waals surface area contributed by atoms with Gasteiger partial charge in [-0.1, -0.05) is 11.6 Å². The van der Waals surface area contributed by atoms with Gasteiger partial charge in [-0.15, -0.1) is 10.1 Å². The van der Waals surface area contributed by atoms with Crippen molar-refractivity contribution in [2.24, 2.45) is 0 Å². The number of alkyl halides is 1. The second kappa shape index (κ2) is 8.36. The highest BCUT2D eigenvalue weighted by Crippen LogP contribution is 1.94. The Labute approximate surface area is 85.0 Å². The third-order valence-electron chi connectivity index (χ3n) is 1.13. The maximum Gasteiger partial charge on any atom is 0.509 e. The van der Waals surface area contributed by atoms with Crippen LogP contribution in [-0.2, 0) is 14.3 Å². The maximum absolute atomic E-state index is 10.5. The summed E-state index contributed by atoms with van der Waals surface area (Å²) < 4.78 is 8.77. The van der Waals surface area contributed by atoms with E-state index in [1.165, 1.54) is 0 Å². The Hall–Kier alpha value is -1.24. The number of hydrogen-bond donors (Lipinski definition) is 0. The van der Waals surface area contributed by atoms with Gasteiger partial charge < -0.3 is 14.3 Å². The minimum Gasteiger partial charge on any atom is -0.434 e. The van der Waals surface area contributed by atoms with Crippen molar-refractivity contribution in [3.63, 3.8) is 0 Å². The number of carbonyl (C=O) groups is 1. The molecule has 0 unspecified atom stereocenters. The van der Waals surface area contributed by atoms with E-state index in [1.807, 2.05) is 0 Å². The number of carbonyl (C=O) groups excluding carboxylic acids is 1. The second-order valence-electron chi connectivity index (χ2n) is 2.12. The SMILES string of the molecule is O=C(OCCl)OCCCCO[N+](=O)[O-]. The van der Waals surface area contributed by atoms with Gasteiger partial charge in [-0.25, -0.2) is 4.79 Å². The lowest BCUT2D eigenvalue weighted by molar-refractivity contribution is -0.757. The van der Waals surface area contributed by atoms with Crippen LogP contribution in [0.4, 0.5) is 4.79 Å². The first-order chi connectivity index (χ1) is 6.66. The van der Waals surface area contributed by atoms with Crippen LogP contribution < -0.4 is 0 Å². The summed E-state index contributed by atoms with van der Waals surface area (Å²) in [5, 5.41) is 8.82. The molecule has 0 saturated carbocycles. The number of rotatable bonds is 7. The zero-order chi connectivity index (χ0) is 10.8. The van der Waals surface area contributed by atoms with E-state index in [0.717, 1.165) is 0 Å². The molecule has 0 radical (unpaired) electrons. The second-order valence-corrected chi connectivity index (χ2v) is 2.33. The highest BCUT2D eigenvalue weighted by atomic mass is 35.5. The number of halogens is 1. The van der Waals surface area contributed by atoms with E-state index in [0.29, 0.717) is 12.8 Å². The largest absolute Gasteiger partial charge is 0.509 e. The van der Waals surface area contributed by atoms with Crippen LogP contribution in [0.25, 0.3) is 0 Å². The van der Waals surface area contributed by atoms with Crippen LogP contribution >= 0.6 is 11.6 Å². The Morgan fingerprint density at radius 1 is 1.29 bits per heavy atom. The van der Waals surface area contributed by atoms with E-state index in [4.69, 9.17) is 11.6 Å². The van der Waals surface area contributed by atoms with Crippen LogP contribution in [0.5, 0.6) is 0 Å². The third-order valence-corrected chi connectivity index (χ3v) is 1.24. The molecule has 8 heteroatoms. The maximum atomic E-state index is 10.5. The molecule has 0 spiro atoms. The Balaban J connectivity index is 3.13. The average molecular weight is 228 g/mol. The van der Waals surface area contributed by atoms with Gasteiger partial charge in [-0.05, 0) is 12.8 Å². The van der Waals surface area contributed by atoms with Gasteiger partial charge >= 0.3 is 6.16 Å². The molecule has 0 amide bonds. The molecule has 0 aromatic carbocycles. The van der Waals surface area contributed by atoms with Gasteiger partial charge in [0, 0.05) is 0 Å². The van der Waals surface area contributed by atoms with Crippen molar-refractivity contribution in [1.82, 2.24) is 0 Å². The molecule has 0 bridgehead atoms. The van der Waals surface area contributed by atoms with Crippen LogP contribution in [0.1, 0.15) is 12.8 Å². The summed E-state index contributed by atoms with van der Waals surface area (Å²) in [6.45, 7) is 0.109. The minimum absolute atomic E-state index is 0.0130. The van der Waals surface area contributed by atoms with Crippen molar-refractivity contribution in [3.8, 4) is 0 Å². The van der Waals surface area contributed by atoms with E-state index < -0.39 is 11.2 Å². The molecule has 0 aliphatic carbocycles. The topological polar surface area (TPSA) is 87.9 Å². The Morgan fingerprint density at radius 3 is 2.50 bits per heavy atom. The Morgan fingerprint density at radius 2 is 1.93 bits per heavy atom. The molecule has 0 aromatic rings. The van der Waals surface area contributed by atoms with E-state index in [1.54, 1.807) is 0 Å². The number of unbranched alkanes of at least 4 members (excludes halogenated alkanes) is 1. The van der Waals surface area contributed by atoms with Gasteiger partial charge in [0.2, 0.25) is 0 Å². The Bertz CT molecular complexity index is 187. The zero-order valence-electron chi connectivity index (χ0n) is 7.31. The first kappa shape index (κ1) is 12.8. The lowest BCUT2D eigenvalue weighted by Gasteiger charge is -2.02. The molecule has 14 heavy (non-hydrogen) atoms. The zero-order valence-corrected chi connectivity index (χ0v) is 8.07. The van der Waals surface area contributed by atoms with E-state index in [-0.39, 0.29) is 19.3 Å². The van der Waals surface area contributed by atoms with Crippen LogP contribution in [0.15, 0.2) is 0 Å². The monoisotopic (exact) mass is 227 g/mol. The van der Waals surface area contributed by atoms with Gasteiger partial charge in [0.25, 0.3) is 5.09 Å². The summed E-state index contributed by atoms with van der Waals surface area (Å²) in [5.74, 6) is 0. The van der Waals surface area contributed by atoms with Gasteiger partial charge in [0.05, 0.1) is 13.2 Å². The summed E-state index contributed by atoms with van der Waals surface area (Å²) in [6, 6.07) is -0.261. The van der Waals surface area contributed by atoms with Crippen molar-refractivity contribution in [2.45, 2.75) is 12.8 Å². The van der Waals surface area contributed by atoms with Gasteiger partial charge in [-0.2, -0.15) is 0 Å². The molecule has 0 rings (SSSR count). The smallest absolute Gasteiger partial charge is 0.434 e. The van der Waals surface area contributed by atoms with Crippen molar-refractivity contribution in [2.75, 3.05) is 19.3 Å². The van der Waals surface area contributed by atoms with Crippen molar-refractivity contribution in [1.29, 1.82) is 0 Å². The molecule has 0 heterocycles. The quantitative estimate of drug-likeness (QED) is 0.214. The van der Waals surface area contributed by atoms with Gasteiger partial charge in [0.1, 0.15) is 0 Å². The molecule has 0 aromatic heterocycles. The van der Waals surface area contributed by atoms with Crippen molar-refractivity contribution >= 4 is 17.8 Å². The fraction of sp³-hybridized carbons (Fsp3) is 0.833. The van der Waals surface area contributed by atoms with Gasteiger partial charge in [0.15, 0.2) is 6.07 Å². The summed E-state index contributed by atoms with van der Waals surface area (Å²) in [4.78, 5) is 24.2. The van der Waals surface area contributed by atoms with E-state index in [9.17, 15) is 14.9 Å². The number of hydrogen-bond acceptors (Lipinski definition) is 6. The van der Waals surface area contributed by atoms with Crippen LogP contribution in [-0.4, -0.2) is 30.5 Å². The highest BCUT2D eigenvalue weighted by molar-refractivity contribution is 6.17. The normalized spacial score (nSPS) is 9.21. The molecule has 7 nitrogen and oxygen atoms in total. The summed E-state index contributed by atoms with van der Waals surface area (Å²) in [6.07, 6.45) is 0.0376. The molecular weight excluding hydrogens is 218 g/mol. The lowest BCUT2D eigenvalue weighted by atomic mass is 10.3. The van der Waals surface area contributed by atoms with Crippen molar-refractivity contribution < 1.29 is 24.2 Å². The molecule has 0 aliphatic heterocycles. The molecule has 82 valence electrons. The molecule has 0 N–H and O–H groups in total. The Kier molecular flexibility index (Phi) is 7.62. The summed E-state index contributed by atoms with van der Waals surface area (Å²) in [5.41, 5.74) is 0. The minimum atomic E-state index is -0.872. The molecule has 0 atom stereocenters. The average Bonchev–Trinajstić information content (AvgIpc) is 2.11. The standard InChI is InChI=1S/C6H10ClNO6/c7-5-13-6(9)12-3-1-2-4-14-8(10)11/h1-5H2. The first-order valence-electron chi connectivity index (χ1n) is 3.79. The predicted molar refractivity (Wildman–Crippen MR) is 45.3 cm³/mol. The van der Waals surface area contributed by atoms with Crippen LogP contribution in [0.2, 0.25) is 0 Å². The summed E-state index contributed by atoms with van der Waals surface area (Å²) >= 11 is 5.08. The number of nitrogens with zero attached hydrogens (tertiary/aromatic N) is 1. The molecule has 0 aliphatic rings.